The first kappa shape index (κ1) is 13.3. The van der Waals surface area contributed by atoms with Crippen LogP contribution in [0.15, 0.2) is 40.3 Å². The molecule has 104 valence electrons. The summed E-state index contributed by atoms with van der Waals surface area (Å²) in [5.41, 5.74) is 3.10. The van der Waals surface area contributed by atoms with Gasteiger partial charge in [-0.25, -0.2) is 4.98 Å². The van der Waals surface area contributed by atoms with Gasteiger partial charge in [-0.05, 0) is 26.0 Å². The smallest absolute Gasteiger partial charge is 0.134 e. The highest BCUT2D eigenvalue weighted by atomic mass is 32.1. The van der Waals surface area contributed by atoms with Gasteiger partial charge in [0.1, 0.15) is 16.9 Å². The molecule has 1 N–H and O–H groups in total. The lowest BCUT2D eigenvalue weighted by molar-refractivity contribution is 0.561. The van der Waals surface area contributed by atoms with Gasteiger partial charge in [0.2, 0.25) is 0 Å². The molecule has 0 aliphatic heterocycles. The van der Waals surface area contributed by atoms with Crippen molar-refractivity contribution in [1.82, 2.24) is 10.3 Å². The van der Waals surface area contributed by atoms with E-state index in [1.165, 1.54) is 0 Å². The van der Waals surface area contributed by atoms with E-state index in [1.54, 1.807) is 17.6 Å². The summed E-state index contributed by atoms with van der Waals surface area (Å²) in [5.74, 6) is 0. The molecule has 1 aromatic carbocycles. The first-order valence-electron chi connectivity index (χ1n) is 6.95. The number of para-hydroxylation sites is 1. The predicted octanol–water partition coefficient (Wildman–Crippen LogP) is 4.62. The van der Waals surface area contributed by atoms with Gasteiger partial charge >= 0.3 is 0 Å². The van der Waals surface area contributed by atoms with E-state index in [4.69, 9.17) is 9.40 Å². The molecule has 2 aromatic heterocycles. The average molecular weight is 286 g/mol. The molecule has 3 rings (SSSR count). The monoisotopic (exact) mass is 286 g/mol. The van der Waals surface area contributed by atoms with Gasteiger partial charge in [0.15, 0.2) is 0 Å². The summed E-state index contributed by atoms with van der Waals surface area (Å²) in [7, 11) is 0. The van der Waals surface area contributed by atoms with Gasteiger partial charge < -0.3 is 9.73 Å². The third kappa shape index (κ3) is 2.49. The third-order valence-corrected chi connectivity index (χ3v) is 4.27. The summed E-state index contributed by atoms with van der Waals surface area (Å²) >= 11 is 1.67. The zero-order chi connectivity index (χ0) is 13.9. The Balaban J connectivity index is 1.90. The minimum atomic E-state index is 0.290. The summed E-state index contributed by atoms with van der Waals surface area (Å²) < 4.78 is 5.59. The molecule has 2 heterocycles. The van der Waals surface area contributed by atoms with Crippen molar-refractivity contribution in [2.45, 2.75) is 26.3 Å². The van der Waals surface area contributed by atoms with Crippen LogP contribution in [0, 0.1) is 0 Å². The first-order chi connectivity index (χ1) is 9.79. The van der Waals surface area contributed by atoms with Gasteiger partial charge in [0.05, 0.1) is 11.3 Å². The molecule has 0 saturated heterocycles. The molecule has 1 atom stereocenters. The number of nitrogens with zero attached hydrogens (tertiary/aromatic N) is 1. The second-order valence-electron chi connectivity index (χ2n) is 4.90. The second kappa shape index (κ2) is 5.77. The fourth-order valence-electron chi connectivity index (χ4n) is 2.22. The number of rotatable bonds is 5. The van der Waals surface area contributed by atoms with Crippen molar-refractivity contribution >= 4 is 22.3 Å². The van der Waals surface area contributed by atoms with Gasteiger partial charge in [0.25, 0.3) is 0 Å². The molecule has 3 aromatic rings. The van der Waals surface area contributed by atoms with Crippen LogP contribution >= 0.6 is 11.3 Å². The van der Waals surface area contributed by atoms with Crippen LogP contribution in [0.3, 0.4) is 0 Å². The summed E-state index contributed by atoms with van der Waals surface area (Å²) in [6.07, 6.45) is 2.94. The van der Waals surface area contributed by atoms with Crippen molar-refractivity contribution in [1.29, 1.82) is 0 Å². The maximum Gasteiger partial charge on any atom is 0.134 e. The molecule has 0 aliphatic carbocycles. The van der Waals surface area contributed by atoms with Crippen LogP contribution < -0.4 is 5.32 Å². The molecule has 20 heavy (non-hydrogen) atoms. The summed E-state index contributed by atoms with van der Waals surface area (Å²) in [5, 5.41) is 7.75. The highest BCUT2D eigenvalue weighted by molar-refractivity contribution is 7.13. The topological polar surface area (TPSA) is 38.1 Å². The standard InChI is InChI=1S/C16H18N2OS/c1-3-8-17-11(2)14-10-20-16(18-14)13-9-19-15-7-5-4-6-12(13)15/h4-7,9-11,17H,3,8H2,1-2H3. The number of fused-ring (bicyclic) bond motifs is 1. The number of hydrogen-bond acceptors (Lipinski definition) is 4. The zero-order valence-electron chi connectivity index (χ0n) is 11.7. The lowest BCUT2D eigenvalue weighted by Crippen LogP contribution is -2.19. The Hall–Kier alpha value is -1.65. The van der Waals surface area contributed by atoms with E-state index in [2.05, 4.69) is 30.6 Å². The van der Waals surface area contributed by atoms with Gasteiger partial charge in [-0.3, -0.25) is 0 Å². The lowest BCUT2D eigenvalue weighted by atomic mass is 10.2. The van der Waals surface area contributed by atoms with E-state index in [0.717, 1.165) is 40.2 Å². The molecule has 0 aliphatic rings. The molecule has 0 radical (unpaired) electrons. The highest BCUT2D eigenvalue weighted by Crippen LogP contribution is 2.33. The van der Waals surface area contributed by atoms with Crippen LogP contribution in [-0.2, 0) is 0 Å². The van der Waals surface area contributed by atoms with Gasteiger partial charge in [-0.15, -0.1) is 11.3 Å². The van der Waals surface area contributed by atoms with E-state index in [9.17, 15) is 0 Å². The van der Waals surface area contributed by atoms with Crippen LogP contribution in [0.2, 0.25) is 0 Å². The molecule has 0 amide bonds. The number of aromatic nitrogens is 1. The Morgan fingerprint density at radius 2 is 2.20 bits per heavy atom. The molecule has 0 spiro atoms. The SMILES string of the molecule is CCCNC(C)c1csc(-c2coc3ccccc23)n1. The summed E-state index contributed by atoms with van der Waals surface area (Å²) in [4.78, 5) is 4.75. The van der Waals surface area contributed by atoms with Crippen LogP contribution in [0.5, 0.6) is 0 Å². The van der Waals surface area contributed by atoms with Gasteiger partial charge in [0, 0.05) is 16.8 Å². The molecule has 0 bridgehead atoms. The summed E-state index contributed by atoms with van der Waals surface area (Å²) in [6.45, 7) is 5.34. The Morgan fingerprint density at radius 3 is 3.05 bits per heavy atom. The molecule has 3 nitrogen and oxygen atoms in total. The maximum atomic E-state index is 5.59. The Bertz CT molecular complexity index is 701. The number of hydrogen-bond donors (Lipinski definition) is 1. The predicted molar refractivity (Wildman–Crippen MR) is 84.0 cm³/mol. The average Bonchev–Trinajstić information content (AvgIpc) is 3.10. The van der Waals surface area contributed by atoms with Crippen LogP contribution in [0.25, 0.3) is 21.5 Å². The minimum absolute atomic E-state index is 0.290. The molecule has 1 unspecified atom stereocenters. The van der Waals surface area contributed by atoms with Crippen molar-refractivity contribution in [3.63, 3.8) is 0 Å². The third-order valence-electron chi connectivity index (χ3n) is 3.38. The van der Waals surface area contributed by atoms with Crippen molar-refractivity contribution in [3.05, 3.63) is 41.6 Å². The molecule has 4 heteroatoms. The normalized spacial score (nSPS) is 12.9. The quantitative estimate of drug-likeness (QED) is 0.744. The van der Waals surface area contributed by atoms with Crippen molar-refractivity contribution in [2.75, 3.05) is 6.54 Å². The van der Waals surface area contributed by atoms with Crippen molar-refractivity contribution in [3.8, 4) is 10.6 Å². The Morgan fingerprint density at radius 1 is 1.35 bits per heavy atom. The van der Waals surface area contributed by atoms with E-state index in [1.807, 2.05) is 18.2 Å². The van der Waals surface area contributed by atoms with Crippen LogP contribution in [-0.4, -0.2) is 11.5 Å². The maximum absolute atomic E-state index is 5.59. The van der Waals surface area contributed by atoms with Crippen molar-refractivity contribution in [2.24, 2.45) is 0 Å². The Labute approximate surface area is 122 Å². The number of nitrogens with one attached hydrogen (secondary N) is 1. The van der Waals surface area contributed by atoms with Gasteiger partial charge in [-0.1, -0.05) is 25.1 Å². The zero-order valence-corrected chi connectivity index (χ0v) is 12.5. The molecular weight excluding hydrogens is 268 g/mol. The fraction of sp³-hybridized carbons (Fsp3) is 0.312. The van der Waals surface area contributed by atoms with E-state index >= 15 is 0 Å². The van der Waals surface area contributed by atoms with Crippen LogP contribution in [0.4, 0.5) is 0 Å². The molecule has 0 saturated carbocycles. The van der Waals surface area contributed by atoms with E-state index < -0.39 is 0 Å². The highest BCUT2D eigenvalue weighted by Gasteiger charge is 2.14. The molecular formula is C16H18N2OS. The van der Waals surface area contributed by atoms with Crippen molar-refractivity contribution < 1.29 is 4.42 Å². The van der Waals surface area contributed by atoms with E-state index in [0.29, 0.717) is 0 Å². The Kier molecular flexibility index (Phi) is 3.85. The number of benzene rings is 1. The minimum Gasteiger partial charge on any atom is -0.464 e. The number of thiazole rings is 1. The number of furan rings is 1. The fourth-order valence-corrected chi connectivity index (χ4v) is 3.15. The van der Waals surface area contributed by atoms with Gasteiger partial charge in [-0.2, -0.15) is 0 Å². The lowest BCUT2D eigenvalue weighted by Gasteiger charge is -2.09. The summed E-state index contributed by atoms with van der Waals surface area (Å²) in [6, 6.07) is 8.37. The molecule has 0 fully saturated rings. The largest absolute Gasteiger partial charge is 0.464 e. The second-order valence-corrected chi connectivity index (χ2v) is 5.76. The van der Waals surface area contributed by atoms with Crippen LogP contribution in [0.1, 0.15) is 32.0 Å². The van der Waals surface area contributed by atoms with E-state index in [-0.39, 0.29) is 6.04 Å². The first-order valence-corrected chi connectivity index (χ1v) is 7.83.